The fourth-order valence-electron chi connectivity index (χ4n) is 5.61. The van der Waals surface area contributed by atoms with Crippen LogP contribution in [0.3, 0.4) is 0 Å². The van der Waals surface area contributed by atoms with E-state index in [9.17, 15) is 9.18 Å². The van der Waals surface area contributed by atoms with Crippen LogP contribution in [0.15, 0.2) is 36.4 Å². The van der Waals surface area contributed by atoms with Crippen molar-refractivity contribution in [2.75, 3.05) is 33.6 Å². The van der Waals surface area contributed by atoms with Gasteiger partial charge in [-0.3, -0.25) is 0 Å². The number of ether oxygens (including phenoxy) is 4. The Bertz CT molecular complexity index is 1030. The van der Waals surface area contributed by atoms with Crippen molar-refractivity contribution in [1.29, 1.82) is 0 Å². The number of nitrogens with one attached hydrogen (secondary N) is 1. The van der Waals surface area contributed by atoms with Crippen LogP contribution in [-0.2, 0) is 27.1 Å². The first-order valence-corrected chi connectivity index (χ1v) is 12.5. The highest BCUT2D eigenvalue weighted by molar-refractivity contribution is 5.85. The predicted octanol–water partition coefficient (Wildman–Crippen LogP) is 5.20. The fraction of sp³-hybridized carbons (Fsp3) is 0.536. The summed E-state index contributed by atoms with van der Waals surface area (Å²) in [6.07, 6.45) is 3.95. The molecule has 1 N–H and O–H groups in total. The molecule has 198 valence electrons. The van der Waals surface area contributed by atoms with E-state index in [4.69, 9.17) is 18.9 Å². The number of hydrogen-bond donors (Lipinski definition) is 1. The van der Waals surface area contributed by atoms with Gasteiger partial charge >= 0.3 is 5.97 Å². The lowest BCUT2D eigenvalue weighted by Gasteiger charge is -2.46. The van der Waals surface area contributed by atoms with E-state index in [2.05, 4.69) is 25.2 Å². The first-order chi connectivity index (χ1) is 16.9. The maximum Gasteiger partial charge on any atom is 0.332 e. The van der Waals surface area contributed by atoms with Gasteiger partial charge in [-0.25, -0.2) is 9.18 Å². The monoisotopic (exact) mass is 521 g/mol. The topological polar surface area (TPSA) is 66.0 Å². The average Bonchev–Trinajstić information content (AvgIpc) is 3.29. The minimum atomic E-state index is -0.654. The van der Waals surface area contributed by atoms with Crippen molar-refractivity contribution in [2.45, 2.75) is 57.5 Å². The van der Waals surface area contributed by atoms with Crippen LogP contribution in [0.5, 0.6) is 11.5 Å². The molecule has 2 aromatic rings. The molecule has 8 heteroatoms. The molecule has 2 aromatic carbocycles. The van der Waals surface area contributed by atoms with Crippen molar-refractivity contribution < 1.29 is 28.1 Å². The molecule has 0 aromatic heterocycles. The molecule has 0 radical (unpaired) electrons. The largest absolute Gasteiger partial charge is 0.457 e. The zero-order chi connectivity index (χ0) is 24.8. The minimum Gasteiger partial charge on any atom is -0.457 e. The summed E-state index contributed by atoms with van der Waals surface area (Å²) in [6.45, 7) is 6.06. The molecule has 1 aliphatic heterocycles. The van der Waals surface area contributed by atoms with Crippen molar-refractivity contribution in [3.8, 4) is 11.5 Å². The van der Waals surface area contributed by atoms with E-state index < -0.39 is 5.60 Å². The molecule has 0 fully saturated rings. The van der Waals surface area contributed by atoms with Gasteiger partial charge in [0.15, 0.2) is 11.5 Å². The molecule has 1 heterocycles. The summed E-state index contributed by atoms with van der Waals surface area (Å²) in [5.41, 5.74) is 2.66. The molecule has 0 bridgehead atoms. The van der Waals surface area contributed by atoms with E-state index >= 15 is 0 Å². The highest BCUT2D eigenvalue weighted by atomic mass is 35.5. The standard InChI is InChI=1S/C28H36FNO5.ClH/c1-19(2)27-23-8-7-22(29)16-21(23)10-11-28(27,35-26(31)17-32-3)12-14-30-13-4-5-20-6-9-24-25(15-20)34-18-33-24;/h6-9,15-16,19,27,30H,4-5,10-14,17-18H2,1-3H3;1H/t27-,28-;/m1./s1. The zero-order valence-electron chi connectivity index (χ0n) is 21.3. The quantitative estimate of drug-likeness (QED) is 0.324. The summed E-state index contributed by atoms with van der Waals surface area (Å²) in [7, 11) is 1.49. The van der Waals surface area contributed by atoms with Gasteiger partial charge in [0.25, 0.3) is 0 Å². The Hall–Kier alpha value is -2.35. The van der Waals surface area contributed by atoms with Gasteiger partial charge in [0.2, 0.25) is 6.79 Å². The van der Waals surface area contributed by atoms with E-state index in [1.165, 1.54) is 18.7 Å². The second kappa shape index (κ2) is 12.7. The molecule has 0 saturated heterocycles. The van der Waals surface area contributed by atoms with Crippen LogP contribution in [0.25, 0.3) is 0 Å². The Kier molecular flexibility index (Phi) is 10.00. The number of hydrogen-bond acceptors (Lipinski definition) is 6. The van der Waals surface area contributed by atoms with Gasteiger partial charge in [-0.15, -0.1) is 12.4 Å². The second-order valence-electron chi connectivity index (χ2n) is 9.83. The van der Waals surface area contributed by atoms with Crippen LogP contribution >= 0.6 is 12.4 Å². The number of halogens is 2. The van der Waals surface area contributed by atoms with E-state index in [-0.39, 0.29) is 49.4 Å². The van der Waals surface area contributed by atoms with Crippen LogP contribution in [0.4, 0.5) is 4.39 Å². The van der Waals surface area contributed by atoms with Gasteiger partial charge in [0, 0.05) is 19.4 Å². The summed E-state index contributed by atoms with van der Waals surface area (Å²) in [6, 6.07) is 11.1. The number of carbonyl (C=O) groups excluding carboxylic acids is 1. The predicted molar refractivity (Wildman–Crippen MR) is 139 cm³/mol. The van der Waals surface area contributed by atoms with Crippen molar-refractivity contribution in [3.05, 3.63) is 58.9 Å². The lowest BCUT2D eigenvalue weighted by molar-refractivity contribution is -0.171. The third-order valence-electron chi connectivity index (χ3n) is 7.05. The van der Waals surface area contributed by atoms with Crippen LogP contribution in [0.1, 0.15) is 55.7 Å². The molecule has 0 saturated carbocycles. The first-order valence-electron chi connectivity index (χ1n) is 12.5. The first kappa shape index (κ1) is 28.2. The molecule has 4 rings (SSSR count). The van der Waals surface area contributed by atoms with Gasteiger partial charge in [0.1, 0.15) is 18.0 Å². The zero-order valence-corrected chi connectivity index (χ0v) is 22.1. The van der Waals surface area contributed by atoms with Crippen molar-refractivity contribution in [2.24, 2.45) is 5.92 Å². The summed E-state index contributed by atoms with van der Waals surface area (Å²) in [5.74, 6) is 1.25. The normalized spacial score (nSPS) is 20.1. The Labute approximate surface area is 219 Å². The minimum absolute atomic E-state index is 0. The molecule has 2 atom stereocenters. The SMILES string of the molecule is COCC(=O)O[C@@]1(CCNCCCc2ccc3c(c2)OCO3)CCc2cc(F)ccc2[C@H]1C(C)C.Cl. The van der Waals surface area contributed by atoms with Crippen molar-refractivity contribution in [1.82, 2.24) is 5.32 Å². The van der Waals surface area contributed by atoms with Gasteiger partial charge in [-0.1, -0.05) is 26.0 Å². The third-order valence-corrected chi connectivity index (χ3v) is 7.05. The van der Waals surface area contributed by atoms with E-state index in [1.54, 1.807) is 6.07 Å². The lowest BCUT2D eigenvalue weighted by atomic mass is 9.65. The van der Waals surface area contributed by atoms with Crippen molar-refractivity contribution in [3.63, 3.8) is 0 Å². The average molecular weight is 522 g/mol. The maximum atomic E-state index is 13.9. The molecular weight excluding hydrogens is 485 g/mol. The molecule has 6 nitrogen and oxygen atoms in total. The summed E-state index contributed by atoms with van der Waals surface area (Å²) >= 11 is 0. The molecule has 1 aliphatic carbocycles. The highest BCUT2D eigenvalue weighted by Crippen LogP contribution is 2.48. The number of aryl methyl sites for hydroxylation is 2. The summed E-state index contributed by atoms with van der Waals surface area (Å²) < 4.78 is 36.0. The van der Waals surface area contributed by atoms with Crippen LogP contribution in [0, 0.1) is 11.7 Å². The molecular formula is C28H37ClFNO5. The summed E-state index contributed by atoms with van der Waals surface area (Å²) in [5, 5.41) is 3.54. The number of carbonyl (C=O) groups is 1. The number of rotatable bonds is 11. The van der Waals surface area contributed by atoms with E-state index in [0.717, 1.165) is 48.6 Å². The number of methoxy groups -OCH3 is 1. The molecule has 0 amide bonds. The Balaban J connectivity index is 0.00000361. The number of fused-ring (bicyclic) bond motifs is 2. The fourth-order valence-corrected chi connectivity index (χ4v) is 5.61. The van der Waals surface area contributed by atoms with Gasteiger partial charge in [0.05, 0.1) is 0 Å². The number of benzene rings is 2. The highest BCUT2D eigenvalue weighted by Gasteiger charge is 2.47. The van der Waals surface area contributed by atoms with Crippen LogP contribution < -0.4 is 14.8 Å². The van der Waals surface area contributed by atoms with Gasteiger partial charge in [-0.05, 0) is 85.6 Å². The van der Waals surface area contributed by atoms with Crippen LogP contribution in [-0.4, -0.2) is 45.2 Å². The van der Waals surface area contributed by atoms with Crippen LogP contribution in [0.2, 0.25) is 0 Å². The van der Waals surface area contributed by atoms with Crippen molar-refractivity contribution >= 4 is 18.4 Å². The lowest BCUT2D eigenvalue weighted by Crippen LogP contribution is -2.49. The number of esters is 1. The Morgan fingerprint density at radius 3 is 2.75 bits per heavy atom. The molecule has 0 unspecified atom stereocenters. The van der Waals surface area contributed by atoms with Gasteiger partial charge < -0.3 is 24.3 Å². The molecule has 0 spiro atoms. The van der Waals surface area contributed by atoms with E-state index in [0.29, 0.717) is 19.3 Å². The van der Waals surface area contributed by atoms with Gasteiger partial charge in [-0.2, -0.15) is 0 Å². The Morgan fingerprint density at radius 2 is 1.97 bits per heavy atom. The smallest absolute Gasteiger partial charge is 0.332 e. The molecule has 2 aliphatic rings. The summed E-state index contributed by atoms with van der Waals surface area (Å²) in [4.78, 5) is 12.6. The Morgan fingerprint density at radius 1 is 1.17 bits per heavy atom. The maximum absolute atomic E-state index is 13.9. The molecule has 36 heavy (non-hydrogen) atoms. The third kappa shape index (κ3) is 6.50. The second-order valence-corrected chi connectivity index (χ2v) is 9.83. The van der Waals surface area contributed by atoms with E-state index in [1.807, 2.05) is 18.2 Å².